The number of aromatic hydroxyl groups is 2. The van der Waals surface area contributed by atoms with E-state index >= 15 is 0 Å². The van der Waals surface area contributed by atoms with Crippen molar-refractivity contribution in [1.82, 2.24) is 4.33 Å². The van der Waals surface area contributed by atoms with Gasteiger partial charge in [-0.2, -0.15) is 0 Å². The summed E-state index contributed by atoms with van der Waals surface area (Å²) in [5, 5.41) is 40.0. The van der Waals surface area contributed by atoms with E-state index in [4.69, 9.17) is 5.73 Å². The molecule has 27 heavy (non-hydrogen) atoms. The van der Waals surface area contributed by atoms with Crippen LogP contribution >= 0.6 is 0 Å². The molecule has 0 aliphatic carbocycles. The van der Waals surface area contributed by atoms with Gasteiger partial charge in [-0.05, 0) is 0 Å². The second-order valence-corrected chi connectivity index (χ2v) is 8.15. The van der Waals surface area contributed by atoms with Gasteiger partial charge in [0.1, 0.15) is 0 Å². The minimum absolute atomic E-state index is 0.108. The summed E-state index contributed by atoms with van der Waals surface area (Å²) in [6, 6.07) is 11.8. The van der Waals surface area contributed by atoms with E-state index in [9.17, 15) is 30.0 Å². The summed E-state index contributed by atoms with van der Waals surface area (Å²) >= 11 is -2.24. The Labute approximate surface area is 160 Å². The van der Waals surface area contributed by atoms with Crippen LogP contribution in [0.4, 0.5) is 0 Å². The van der Waals surface area contributed by atoms with Crippen molar-refractivity contribution in [2.75, 3.05) is 13.1 Å². The van der Waals surface area contributed by atoms with Crippen molar-refractivity contribution in [3.05, 3.63) is 59.7 Å². The Bertz CT molecular complexity index is 752. The fourth-order valence-corrected chi connectivity index (χ4v) is 5.66. The number of para-hydroxylation sites is 2. The number of nitrogens with two attached hydrogens (primary N) is 1. The zero-order chi connectivity index (χ0) is 20.0. The Hall–Kier alpha value is -2.58. The number of aliphatic carboxylic acids is 2. The van der Waals surface area contributed by atoms with Crippen molar-refractivity contribution in [2.45, 2.75) is 9.63 Å². The Kier molecular flexibility index (Phi) is 7.20. The first-order valence-corrected chi connectivity index (χ1v) is 9.79. The topological polar surface area (TPSA) is 153 Å². The molecule has 0 spiro atoms. The van der Waals surface area contributed by atoms with Gasteiger partial charge in [0.2, 0.25) is 0 Å². The predicted octanol–water partition coefficient (Wildman–Crippen LogP) is 1.13. The molecular formula is C18H21FeN2O6. The molecule has 9 heteroatoms. The number of benzene rings is 2. The fourth-order valence-electron chi connectivity index (χ4n) is 2.50. The van der Waals surface area contributed by atoms with Crippen molar-refractivity contribution in [2.24, 2.45) is 5.73 Å². The van der Waals surface area contributed by atoms with Crippen LogP contribution in [0.25, 0.3) is 0 Å². The standard InChI is InChI=1S/2C8H7O3.C2H7N2.Fe/c2*9-7-4-2-1-3-6(7)5-8(10)11;3-1-2-4;/h2*1-5,9H,(H,10,11);3H,1-2,4H2;/q;;-1;+1. The van der Waals surface area contributed by atoms with E-state index < -0.39 is 35.7 Å². The van der Waals surface area contributed by atoms with E-state index in [1.807, 2.05) is 0 Å². The number of hydrogen-bond donors (Lipinski definition) is 6. The predicted molar refractivity (Wildman–Crippen MR) is 94.0 cm³/mol. The molecule has 0 heterocycles. The Balaban J connectivity index is 2.62. The first-order valence-electron chi connectivity index (χ1n) is 7.96. The molecule has 0 saturated carbocycles. The molecule has 2 aromatic rings. The second-order valence-electron chi connectivity index (χ2n) is 5.48. The molecular weight excluding hydrogens is 396 g/mol. The van der Waals surface area contributed by atoms with Crippen LogP contribution in [-0.4, -0.2) is 45.5 Å². The maximum atomic E-state index is 12.1. The van der Waals surface area contributed by atoms with Crippen molar-refractivity contribution in [3.8, 4) is 11.5 Å². The molecule has 2 unspecified atom stereocenters. The van der Waals surface area contributed by atoms with Crippen LogP contribution in [0.3, 0.4) is 0 Å². The van der Waals surface area contributed by atoms with Crippen LogP contribution < -0.4 is 10.1 Å². The first kappa shape index (κ1) is 20.7. The normalized spacial score (nSPS) is 13.6. The average molecular weight is 417 g/mol. The second kappa shape index (κ2) is 9.38. The third kappa shape index (κ3) is 4.78. The van der Waals surface area contributed by atoms with E-state index in [-0.39, 0.29) is 35.7 Å². The Morgan fingerprint density at radius 1 is 0.889 bits per heavy atom. The van der Waals surface area contributed by atoms with Gasteiger partial charge in [0.25, 0.3) is 0 Å². The van der Waals surface area contributed by atoms with Crippen molar-refractivity contribution in [1.29, 1.82) is 0 Å². The summed E-state index contributed by atoms with van der Waals surface area (Å²) in [5.74, 6) is -3.03. The van der Waals surface area contributed by atoms with Crippen LogP contribution in [-0.2, 0) is 23.7 Å². The molecule has 0 bridgehead atoms. The van der Waals surface area contributed by atoms with Crippen LogP contribution in [0.15, 0.2) is 48.5 Å². The summed E-state index contributed by atoms with van der Waals surface area (Å²) in [7, 11) is 0. The van der Waals surface area contributed by atoms with Crippen LogP contribution in [0.5, 0.6) is 11.5 Å². The molecule has 2 atom stereocenters. The van der Waals surface area contributed by atoms with E-state index in [0.717, 1.165) is 0 Å². The average Bonchev–Trinajstić information content (AvgIpc) is 2.62. The molecule has 0 amide bonds. The summed E-state index contributed by atoms with van der Waals surface area (Å²) in [6.45, 7) is 0.360. The molecule has 7 N–H and O–H groups in total. The number of hydrogen-bond acceptors (Lipinski definition) is 6. The van der Waals surface area contributed by atoms with Gasteiger partial charge in [-0.25, -0.2) is 0 Å². The number of carboxylic acids is 2. The van der Waals surface area contributed by atoms with Crippen molar-refractivity contribution in [3.63, 3.8) is 0 Å². The summed E-state index contributed by atoms with van der Waals surface area (Å²) in [5.41, 5.74) is 5.74. The number of phenols is 2. The van der Waals surface area contributed by atoms with Gasteiger partial charge < -0.3 is 0 Å². The number of phenolic OH excluding ortho intramolecular Hbond substituents is 2. The number of rotatable bonds is 9. The fraction of sp³-hybridized carbons (Fsp3) is 0.222. The van der Waals surface area contributed by atoms with Gasteiger partial charge in [-0.3, -0.25) is 0 Å². The van der Waals surface area contributed by atoms with Crippen LogP contribution in [0, 0.1) is 0 Å². The van der Waals surface area contributed by atoms with Gasteiger partial charge in [-0.15, -0.1) is 0 Å². The molecule has 2 aromatic carbocycles. The Morgan fingerprint density at radius 2 is 1.30 bits per heavy atom. The zero-order valence-corrected chi connectivity index (χ0v) is 15.3. The van der Waals surface area contributed by atoms with E-state index in [1.165, 1.54) is 24.3 Å². The van der Waals surface area contributed by atoms with Crippen molar-refractivity contribution < 1.29 is 44.1 Å². The van der Waals surface area contributed by atoms with E-state index in [0.29, 0.717) is 0 Å². The first-order chi connectivity index (χ1) is 12.9. The molecule has 147 valence electrons. The zero-order valence-electron chi connectivity index (χ0n) is 14.2. The number of carbonyl (C=O) groups is 2. The minimum atomic E-state index is -2.24. The van der Waals surface area contributed by atoms with Crippen LogP contribution in [0.2, 0.25) is 0 Å². The molecule has 8 nitrogen and oxygen atoms in total. The quantitative estimate of drug-likeness (QED) is 0.332. The summed E-state index contributed by atoms with van der Waals surface area (Å²) in [4.78, 5) is 21.6. The number of carboxylic acid groups (broad SMARTS) is 2. The summed E-state index contributed by atoms with van der Waals surface area (Å²) in [6.07, 6.45) is 0. The maximum absolute atomic E-state index is 12.1. The van der Waals surface area contributed by atoms with Crippen molar-refractivity contribution >= 4 is 11.9 Å². The van der Waals surface area contributed by atoms with Crippen LogP contribution in [0.1, 0.15) is 20.8 Å². The molecule has 0 aliphatic rings. The van der Waals surface area contributed by atoms with Gasteiger partial charge in [0.15, 0.2) is 0 Å². The molecule has 0 fully saturated rings. The molecule has 0 saturated heterocycles. The van der Waals surface area contributed by atoms with Gasteiger partial charge >= 0.3 is 160 Å². The van der Waals surface area contributed by atoms with E-state index in [1.54, 1.807) is 24.3 Å². The molecule has 0 radical (unpaired) electrons. The number of nitrogens with one attached hydrogen (secondary N) is 1. The van der Waals surface area contributed by atoms with Gasteiger partial charge in [0.05, 0.1) is 0 Å². The third-order valence-corrected chi connectivity index (χ3v) is 6.98. The monoisotopic (exact) mass is 417 g/mol. The summed E-state index contributed by atoms with van der Waals surface area (Å²) < 4.78 is 2.96. The molecule has 0 aromatic heterocycles. The van der Waals surface area contributed by atoms with Gasteiger partial charge in [-0.1, -0.05) is 0 Å². The van der Waals surface area contributed by atoms with E-state index in [2.05, 4.69) is 4.33 Å². The molecule has 0 aliphatic heterocycles. The third-order valence-electron chi connectivity index (χ3n) is 3.64. The molecule has 2 rings (SSSR count). The van der Waals surface area contributed by atoms with Gasteiger partial charge in [0, 0.05) is 0 Å². The SMILES string of the molecule is NCC[NH][Fe]([CH](C(=O)O)c1ccccc1O)[CH](C(=O)O)c1ccccc1O. The Morgan fingerprint density at radius 3 is 1.63 bits per heavy atom.